The van der Waals surface area contributed by atoms with Crippen LogP contribution in [0, 0.1) is 0 Å². The van der Waals surface area contributed by atoms with Crippen molar-refractivity contribution in [3.05, 3.63) is 23.9 Å². The topological polar surface area (TPSA) is 24.9 Å². The molecule has 1 saturated heterocycles. The number of nitrogens with one attached hydrogen (secondary N) is 1. The summed E-state index contributed by atoms with van der Waals surface area (Å²) in [6.07, 6.45) is -2.13. The van der Waals surface area contributed by atoms with Crippen LogP contribution < -0.4 is 5.32 Å². The molecule has 0 radical (unpaired) electrons. The number of hydrogen-bond acceptors (Lipinski definition) is 3. The molecule has 100 valence electrons. The summed E-state index contributed by atoms with van der Waals surface area (Å²) in [6, 6.07) is 3.93. The molecule has 0 spiro atoms. The van der Waals surface area contributed by atoms with Crippen molar-refractivity contribution in [2.24, 2.45) is 0 Å². The third-order valence-electron chi connectivity index (χ3n) is 2.98. The van der Waals surface area contributed by atoms with E-state index in [1.165, 1.54) is 12.5 Å². The number of halogens is 3. The Morgan fingerprint density at radius 3 is 2.83 bits per heavy atom. The number of alkyl halides is 3. The van der Waals surface area contributed by atoms with Crippen LogP contribution in [0.25, 0.3) is 0 Å². The molecule has 1 atom stereocenters. The minimum absolute atomic E-state index is 0.107. The number of aromatic nitrogens is 1. The molecule has 2 nitrogen and oxygen atoms in total. The van der Waals surface area contributed by atoms with Crippen molar-refractivity contribution in [3.8, 4) is 0 Å². The molecule has 1 unspecified atom stereocenters. The van der Waals surface area contributed by atoms with Crippen LogP contribution in [0.4, 0.5) is 19.0 Å². The molecular weight excluding hydrogens is 261 g/mol. The summed E-state index contributed by atoms with van der Waals surface area (Å²) in [5.74, 6) is 1.41. The number of pyridine rings is 1. The number of rotatable bonds is 3. The smallest absolute Gasteiger partial charge is 0.369 e. The van der Waals surface area contributed by atoms with Gasteiger partial charge < -0.3 is 5.32 Å². The van der Waals surface area contributed by atoms with Crippen molar-refractivity contribution in [2.45, 2.75) is 30.7 Å². The summed E-state index contributed by atoms with van der Waals surface area (Å²) in [6.45, 7) is 2.78. The van der Waals surface area contributed by atoms with E-state index in [1.54, 1.807) is 6.07 Å². The third-order valence-corrected chi connectivity index (χ3v) is 4.52. The minimum Gasteiger partial charge on any atom is -0.369 e. The van der Waals surface area contributed by atoms with Gasteiger partial charge in [-0.2, -0.15) is 24.9 Å². The van der Waals surface area contributed by atoms with Gasteiger partial charge in [0.15, 0.2) is 0 Å². The van der Waals surface area contributed by atoms with E-state index in [1.807, 2.05) is 11.8 Å². The fourth-order valence-corrected chi connectivity index (χ4v) is 3.19. The molecule has 18 heavy (non-hydrogen) atoms. The van der Waals surface area contributed by atoms with E-state index in [9.17, 15) is 13.2 Å². The molecule has 1 aliphatic heterocycles. The minimum atomic E-state index is -4.39. The summed E-state index contributed by atoms with van der Waals surface area (Å²) in [5.41, 5.74) is -0.850. The molecule has 1 aromatic rings. The van der Waals surface area contributed by atoms with Crippen molar-refractivity contribution in [1.29, 1.82) is 0 Å². The zero-order chi connectivity index (χ0) is 13.2. The Bertz CT molecular complexity index is 414. The first-order chi connectivity index (χ1) is 8.39. The molecule has 2 rings (SSSR count). The predicted molar refractivity (Wildman–Crippen MR) is 67.8 cm³/mol. The van der Waals surface area contributed by atoms with Gasteiger partial charge in [-0.15, -0.1) is 0 Å². The molecule has 0 aliphatic carbocycles. The zero-order valence-corrected chi connectivity index (χ0v) is 10.9. The van der Waals surface area contributed by atoms with Crippen molar-refractivity contribution in [2.75, 3.05) is 17.6 Å². The second kappa shape index (κ2) is 4.99. The molecule has 0 bridgehead atoms. The number of hydrogen-bond donors (Lipinski definition) is 1. The lowest BCUT2D eigenvalue weighted by Crippen LogP contribution is -2.27. The fraction of sp³-hybridized carbons (Fsp3) is 0.583. The summed E-state index contributed by atoms with van der Waals surface area (Å²) >= 11 is 1.86. The van der Waals surface area contributed by atoms with Gasteiger partial charge in [0.05, 0.1) is 0 Å². The molecule has 2 heterocycles. The highest BCUT2D eigenvalue weighted by Gasteiger charge is 2.33. The second-order valence-electron chi connectivity index (χ2n) is 4.66. The van der Waals surface area contributed by atoms with Crippen LogP contribution in [-0.4, -0.2) is 22.0 Å². The average Bonchev–Trinajstić information content (AvgIpc) is 2.74. The van der Waals surface area contributed by atoms with Crippen molar-refractivity contribution in [1.82, 2.24) is 4.98 Å². The normalized spacial score (nSPS) is 24.2. The van der Waals surface area contributed by atoms with Gasteiger partial charge in [0.2, 0.25) is 0 Å². The standard InChI is InChI=1S/C12H15F3N2S/c1-11(6-3-7-18-11)8-16-10-5-2-4-9(17-10)12(13,14)15/h2,4-5H,3,6-8H2,1H3,(H,16,17). The third kappa shape index (κ3) is 3.31. The van der Waals surface area contributed by atoms with Crippen LogP contribution in [0.5, 0.6) is 0 Å². The van der Waals surface area contributed by atoms with Gasteiger partial charge in [0, 0.05) is 11.3 Å². The molecule has 0 saturated carbocycles. The molecule has 0 aromatic carbocycles. The van der Waals surface area contributed by atoms with Crippen LogP contribution in [0.1, 0.15) is 25.5 Å². The summed E-state index contributed by atoms with van der Waals surface area (Å²) in [4.78, 5) is 3.59. The first-order valence-corrected chi connectivity index (χ1v) is 6.80. The average molecular weight is 276 g/mol. The number of thioether (sulfide) groups is 1. The van der Waals surface area contributed by atoms with Crippen LogP contribution in [0.2, 0.25) is 0 Å². The van der Waals surface area contributed by atoms with E-state index in [-0.39, 0.29) is 4.75 Å². The lowest BCUT2D eigenvalue weighted by Gasteiger charge is -2.23. The van der Waals surface area contributed by atoms with Gasteiger partial charge in [0.25, 0.3) is 0 Å². The van der Waals surface area contributed by atoms with E-state index in [0.717, 1.165) is 18.2 Å². The highest BCUT2D eigenvalue weighted by atomic mass is 32.2. The molecule has 0 amide bonds. The second-order valence-corrected chi connectivity index (χ2v) is 6.34. The molecule has 1 N–H and O–H groups in total. The lowest BCUT2D eigenvalue weighted by molar-refractivity contribution is -0.141. The maximum atomic E-state index is 12.5. The highest BCUT2D eigenvalue weighted by Crippen LogP contribution is 2.37. The maximum absolute atomic E-state index is 12.5. The highest BCUT2D eigenvalue weighted by molar-refractivity contribution is 8.00. The number of nitrogens with zero attached hydrogens (tertiary/aromatic N) is 1. The molecule has 6 heteroatoms. The van der Waals surface area contributed by atoms with E-state index in [0.29, 0.717) is 12.4 Å². The van der Waals surface area contributed by atoms with Gasteiger partial charge in [-0.3, -0.25) is 0 Å². The summed E-state index contributed by atoms with van der Waals surface area (Å²) in [5, 5.41) is 3.01. The first kappa shape index (κ1) is 13.5. The zero-order valence-electron chi connectivity index (χ0n) is 10.0. The van der Waals surface area contributed by atoms with E-state index in [4.69, 9.17) is 0 Å². The van der Waals surface area contributed by atoms with Gasteiger partial charge in [0.1, 0.15) is 11.5 Å². The maximum Gasteiger partial charge on any atom is 0.433 e. The summed E-state index contributed by atoms with van der Waals surface area (Å²) in [7, 11) is 0. The van der Waals surface area contributed by atoms with Crippen LogP contribution >= 0.6 is 11.8 Å². The van der Waals surface area contributed by atoms with Crippen molar-refractivity contribution in [3.63, 3.8) is 0 Å². The van der Waals surface area contributed by atoms with Gasteiger partial charge in [-0.1, -0.05) is 6.07 Å². The molecule has 1 aromatic heterocycles. The number of anilines is 1. The largest absolute Gasteiger partial charge is 0.433 e. The quantitative estimate of drug-likeness (QED) is 0.909. The first-order valence-electron chi connectivity index (χ1n) is 5.81. The van der Waals surface area contributed by atoms with Crippen LogP contribution in [0.15, 0.2) is 18.2 Å². The Hall–Kier alpha value is -0.910. The van der Waals surface area contributed by atoms with E-state index in [2.05, 4.69) is 17.2 Å². The van der Waals surface area contributed by atoms with Gasteiger partial charge >= 0.3 is 6.18 Å². The Morgan fingerprint density at radius 1 is 1.44 bits per heavy atom. The fourth-order valence-electron chi connectivity index (χ4n) is 1.94. The molecule has 1 aliphatic rings. The van der Waals surface area contributed by atoms with Gasteiger partial charge in [-0.25, -0.2) is 4.98 Å². The SMILES string of the molecule is CC1(CNc2cccc(C(F)(F)F)n2)CCCS1. The Kier molecular flexibility index (Phi) is 3.75. The molecule has 1 fully saturated rings. The lowest BCUT2D eigenvalue weighted by atomic mass is 10.1. The van der Waals surface area contributed by atoms with Crippen LogP contribution in [0.3, 0.4) is 0 Å². The summed E-state index contributed by atoms with van der Waals surface area (Å²) < 4.78 is 37.6. The van der Waals surface area contributed by atoms with Gasteiger partial charge in [-0.05, 0) is 37.7 Å². The Balaban J connectivity index is 2.01. The van der Waals surface area contributed by atoms with E-state index < -0.39 is 11.9 Å². The monoisotopic (exact) mass is 276 g/mol. The molecular formula is C12H15F3N2S. The predicted octanol–water partition coefficient (Wildman–Crippen LogP) is 3.80. The Labute approximate surface area is 108 Å². The van der Waals surface area contributed by atoms with Crippen molar-refractivity contribution < 1.29 is 13.2 Å². The Morgan fingerprint density at radius 2 is 2.22 bits per heavy atom. The van der Waals surface area contributed by atoms with Crippen molar-refractivity contribution >= 4 is 17.6 Å². The van der Waals surface area contributed by atoms with E-state index >= 15 is 0 Å². The van der Waals surface area contributed by atoms with Crippen LogP contribution in [-0.2, 0) is 6.18 Å².